The molecule has 1 aromatic heterocycles. The molecule has 98 valence electrons. The van der Waals surface area contributed by atoms with E-state index in [2.05, 4.69) is 10.2 Å². The Hall–Kier alpha value is -2.70. The standard InChI is InChI=1S/C12H10N2O5/c1-17-9-2-6(3-10-11(9)19-5-18-10)7-4-8(12(15)16)14-13-7/h2-4H,5H2,1H3,(H,13,14)(H,15,16). The Labute approximate surface area is 107 Å². The molecule has 1 aliphatic heterocycles. The van der Waals surface area contributed by atoms with Gasteiger partial charge in [-0.05, 0) is 18.2 Å². The molecule has 7 heteroatoms. The van der Waals surface area contributed by atoms with E-state index in [1.54, 1.807) is 12.1 Å². The summed E-state index contributed by atoms with van der Waals surface area (Å²) in [6, 6.07) is 4.89. The number of hydrogen-bond donors (Lipinski definition) is 2. The zero-order valence-electron chi connectivity index (χ0n) is 9.97. The van der Waals surface area contributed by atoms with Crippen molar-refractivity contribution in [2.45, 2.75) is 0 Å². The number of nitrogens with zero attached hydrogens (tertiary/aromatic N) is 1. The van der Waals surface area contributed by atoms with Gasteiger partial charge in [0.05, 0.1) is 12.8 Å². The highest BCUT2D eigenvalue weighted by atomic mass is 16.7. The fraction of sp³-hybridized carbons (Fsp3) is 0.167. The number of carbonyl (C=O) groups is 1. The van der Waals surface area contributed by atoms with Crippen LogP contribution in [-0.2, 0) is 0 Å². The lowest BCUT2D eigenvalue weighted by Crippen LogP contribution is -1.95. The van der Waals surface area contributed by atoms with Crippen LogP contribution in [0.1, 0.15) is 10.5 Å². The number of hydrogen-bond acceptors (Lipinski definition) is 5. The number of H-pyrrole nitrogens is 1. The number of fused-ring (bicyclic) bond motifs is 1. The monoisotopic (exact) mass is 262 g/mol. The number of benzene rings is 1. The Morgan fingerprint density at radius 1 is 1.42 bits per heavy atom. The average molecular weight is 262 g/mol. The molecule has 0 atom stereocenters. The Morgan fingerprint density at radius 3 is 2.95 bits per heavy atom. The Balaban J connectivity index is 2.07. The normalized spacial score (nSPS) is 12.5. The van der Waals surface area contributed by atoms with Crippen molar-refractivity contribution in [1.82, 2.24) is 10.2 Å². The van der Waals surface area contributed by atoms with Gasteiger partial charge in [-0.1, -0.05) is 0 Å². The zero-order valence-corrected chi connectivity index (χ0v) is 9.97. The maximum Gasteiger partial charge on any atom is 0.353 e. The van der Waals surface area contributed by atoms with Crippen LogP contribution in [0, 0.1) is 0 Å². The van der Waals surface area contributed by atoms with Crippen molar-refractivity contribution in [3.63, 3.8) is 0 Å². The van der Waals surface area contributed by atoms with E-state index < -0.39 is 5.97 Å². The summed E-state index contributed by atoms with van der Waals surface area (Å²) >= 11 is 0. The Bertz CT molecular complexity index is 650. The van der Waals surface area contributed by atoms with Gasteiger partial charge in [-0.15, -0.1) is 0 Å². The van der Waals surface area contributed by atoms with Crippen LogP contribution in [0.4, 0.5) is 0 Å². The van der Waals surface area contributed by atoms with Crippen molar-refractivity contribution >= 4 is 5.97 Å². The van der Waals surface area contributed by atoms with E-state index in [9.17, 15) is 4.79 Å². The predicted molar refractivity (Wildman–Crippen MR) is 63.7 cm³/mol. The SMILES string of the molecule is COc1cc(-c2cc(C(=O)O)[nH]n2)cc2c1OCO2. The van der Waals surface area contributed by atoms with Crippen LogP contribution < -0.4 is 14.2 Å². The number of methoxy groups -OCH3 is 1. The highest BCUT2D eigenvalue weighted by molar-refractivity contribution is 5.87. The third-order valence-electron chi connectivity index (χ3n) is 2.76. The molecule has 0 saturated heterocycles. The van der Waals surface area contributed by atoms with Gasteiger partial charge in [0.15, 0.2) is 11.5 Å². The van der Waals surface area contributed by atoms with Crippen molar-refractivity contribution in [1.29, 1.82) is 0 Å². The fourth-order valence-electron chi connectivity index (χ4n) is 1.86. The fourth-order valence-corrected chi connectivity index (χ4v) is 1.86. The first-order valence-electron chi connectivity index (χ1n) is 5.45. The molecular weight excluding hydrogens is 252 g/mol. The maximum atomic E-state index is 10.8. The summed E-state index contributed by atoms with van der Waals surface area (Å²) in [6.07, 6.45) is 0. The second-order valence-electron chi connectivity index (χ2n) is 3.88. The number of nitrogens with one attached hydrogen (secondary N) is 1. The van der Waals surface area contributed by atoms with E-state index in [0.717, 1.165) is 0 Å². The number of aromatic nitrogens is 2. The molecule has 0 unspecified atom stereocenters. The summed E-state index contributed by atoms with van der Waals surface area (Å²) in [5.41, 5.74) is 1.20. The van der Waals surface area contributed by atoms with Gasteiger partial charge >= 0.3 is 5.97 Å². The molecule has 0 radical (unpaired) electrons. The summed E-state index contributed by atoms with van der Waals surface area (Å²) in [4.78, 5) is 10.8. The third kappa shape index (κ3) is 1.85. The van der Waals surface area contributed by atoms with E-state index in [0.29, 0.717) is 28.5 Å². The number of carboxylic acid groups (broad SMARTS) is 1. The van der Waals surface area contributed by atoms with Gasteiger partial charge in [0.2, 0.25) is 12.5 Å². The van der Waals surface area contributed by atoms with Crippen LogP contribution >= 0.6 is 0 Å². The van der Waals surface area contributed by atoms with Crippen molar-refractivity contribution in [2.75, 3.05) is 13.9 Å². The largest absolute Gasteiger partial charge is 0.493 e. The van der Waals surface area contributed by atoms with Gasteiger partial charge in [-0.25, -0.2) is 4.79 Å². The van der Waals surface area contributed by atoms with Crippen LogP contribution in [-0.4, -0.2) is 35.2 Å². The van der Waals surface area contributed by atoms with Crippen molar-refractivity contribution in [3.05, 3.63) is 23.9 Å². The molecule has 19 heavy (non-hydrogen) atoms. The molecule has 0 saturated carbocycles. The van der Waals surface area contributed by atoms with Crippen molar-refractivity contribution in [2.24, 2.45) is 0 Å². The Kier molecular flexibility index (Phi) is 2.52. The molecular formula is C12H10N2O5. The summed E-state index contributed by atoms with van der Waals surface area (Å²) < 4.78 is 15.8. The van der Waals surface area contributed by atoms with Gasteiger partial charge in [-0.3, -0.25) is 5.10 Å². The number of aromatic carboxylic acids is 1. The lowest BCUT2D eigenvalue weighted by atomic mass is 10.1. The number of rotatable bonds is 3. The van der Waals surface area contributed by atoms with Crippen LogP contribution in [0.2, 0.25) is 0 Å². The summed E-state index contributed by atoms with van der Waals surface area (Å²) in [5.74, 6) is 0.547. The number of ether oxygens (including phenoxy) is 3. The first-order valence-corrected chi connectivity index (χ1v) is 5.45. The molecule has 0 aliphatic carbocycles. The number of carboxylic acids is 1. The molecule has 1 aliphatic rings. The van der Waals surface area contributed by atoms with Crippen LogP contribution in [0.25, 0.3) is 11.3 Å². The first-order chi connectivity index (χ1) is 9.19. The van der Waals surface area contributed by atoms with E-state index >= 15 is 0 Å². The maximum absolute atomic E-state index is 10.8. The number of aromatic amines is 1. The van der Waals surface area contributed by atoms with E-state index in [1.165, 1.54) is 13.2 Å². The molecule has 0 fully saturated rings. The van der Waals surface area contributed by atoms with Crippen LogP contribution in [0.3, 0.4) is 0 Å². The summed E-state index contributed by atoms with van der Waals surface area (Å²) in [5, 5.41) is 15.3. The third-order valence-corrected chi connectivity index (χ3v) is 2.76. The van der Waals surface area contributed by atoms with Gasteiger partial charge in [0, 0.05) is 5.56 Å². The average Bonchev–Trinajstić information content (AvgIpc) is 3.05. The minimum absolute atomic E-state index is 0.0200. The minimum atomic E-state index is -1.06. The summed E-state index contributed by atoms with van der Waals surface area (Å²) in [6.45, 7) is 0.135. The highest BCUT2D eigenvalue weighted by Gasteiger charge is 2.21. The Morgan fingerprint density at radius 2 is 2.26 bits per heavy atom. The van der Waals surface area contributed by atoms with Gasteiger partial charge < -0.3 is 19.3 Å². The highest BCUT2D eigenvalue weighted by Crippen LogP contribution is 2.43. The molecule has 0 bridgehead atoms. The van der Waals surface area contributed by atoms with Gasteiger partial charge in [0.1, 0.15) is 5.69 Å². The van der Waals surface area contributed by atoms with Gasteiger partial charge in [0.25, 0.3) is 0 Å². The lowest BCUT2D eigenvalue weighted by molar-refractivity contribution is 0.0690. The van der Waals surface area contributed by atoms with Crippen LogP contribution in [0.15, 0.2) is 18.2 Å². The molecule has 7 nitrogen and oxygen atoms in total. The van der Waals surface area contributed by atoms with Crippen molar-refractivity contribution < 1.29 is 24.1 Å². The minimum Gasteiger partial charge on any atom is -0.493 e. The second-order valence-corrected chi connectivity index (χ2v) is 3.88. The second kappa shape index (κ2) is 4.20. The zero-order chi connectivity index (χ0) is 13.4. The molecule has 2 N–H and O–H groups in total. The van der Waals surface area contributed by atoms with Crippen molar-refractivity contribution in [3.8, 4) is 28.5 Å². The first kappa shape index (κ1) is 11.4. The molecule has 0 amide bonds. The predicted octanol–water partition coefficient (Wildman–Crippen LogP) is 1.51. The van der Waals surface area contributed by atoms with Gasteiger partial charge in [-0.2, -0.15) is 5.10 Å². The molecule has 1 aromatic carbocycles. The molecule has 0 spiro atoms. The van der Waals surface area contributed by atoms with E-state index in [-0.39, 0.29) is 12.5 Å². The topological polar surface area (TPSA) is 93.7 Å². The molecule has 2 aromatic rings. The van der Waals surface area contributed by atoms with E-state index in [1.807, 2.05) is 0 Å². The smallest absolute Gasteiger partial charge is 0.353 e. The van der Waals surface area contributed by atoms with Crippen LogP contribution in [0.5, 0.6) is 17.2 Å². The quantitative estimate of drug-likeness (QED) is 0.870. The molecule has 2 heterocycles. The molecule has 3 rings (SSSR count). The van der Waals surface area contributed by atoms with E-state index in [4.69, 9.17) is 19.3 Å². The summed E-state index contributed by atoms with van der Waals surface area (Å²) in [7, 11) is 1.52. The lowest BCUT2D eigenvalue weighted by Gasteiger charge is -2.06.